The lowest BCUT2D eigenvalue weighted by Gasteiger charge is -2.07. The van der Waals surface area contributed by atoms with E-state index >= 15 is 0 Å². The number of carbonyl (C=O) groups is 1. The molecule has 0 spiro atoms. The first-order chi connectivity index (χ1) is 12.1. The maximum Gasteiger partial charge on any atom is 0.259 e. The van der Waals surface area contributed by atoms with Crippen molar-refractivity contribution in [3.63, 3.8) is 0 Å². The molecule has 0 aliphatic heterocycles. The molecule has 2 aromatic carbocycles. The summed E-state index contributed by atoms with van der Waals surface area (Å²) in [6.07, 6.45) is 0. The second-order valence-corrected chi connectivity index (χ2v) is 6.58. The van der Waals surface area contributed by atoms with Gasteiger partial charge in [0.25, 0.3) is 5.91 Å². The molecule has 6 nitrogen and oxygen atoms in total. The van der Waals surface area contributed by atoms with Gasteiger partial charge in [0.1, 0.15) is 0 Å². The second-order valence-electron chi connectivity index (χ2n) is 4.79. The molecule has 0 bridgehead atoms. The van der Waals surface area contributed by atoms with Crippen LogP contribution in [0.4, 0.5) is 16.0 Å². The van der Waals surface area contributed by atoms with Crippen molar-refractivity contribution < 1.29 is 4.79 Å². The monoisotopic (exact) mass is 389 g/mol. The Hall–Kier alpha value is -2.55. The van der Waals surface area contributed by atoms with Crippen LogP contribution in [0.1, 0.15) is 10.4 Å². The molecule has 0 aliphatic rings. The lowest BCUT2D eigenvalue weighted by Crippen LogP contribution is -2.18. The maximum absolute atomic E-state index is 12.2. The molecule has 1 amide bonds. The third-order valence-corrected chi connectivity index (χ3v) is 4.30. The molecular weight excluding hydrogens is 378 g/mol. The first-order valence-electron chi connectivity index (χ1n) is 7.14. The summed E-state index contributed by atoms with van der Waals surface area (Å²) in [6.45, 7) is 0. The van der Waals surface area contributed by atoms with Crippen LogP contribution in [0, 0.1) is 0 Å². The number of rotatable bonds is 4. The van der Waals surface area contributed by atoms with Crippen molar-refractivity contribution in [2.45, 2.75) is 0 Å². The standard InChI is InChI=1S/C16H12ClN5OS2/c17-12-9-5-4-8-11(12)13(23)19-15-21-22-16(25-15)20-14(24)18-10-6-2-1-3-7-10/h1-9H,(H,19,21,23)(H2,18,20,22,24). The van der Waals surface area contributed by atoms with Crippen LogP contribution in [0.3, 0.4) is 0 Å². The van der Waals surface area contributed by atoms with E-state index in [0.717, 1.165) is 17.0 Å². The second kappa shape index (κ2) is 8.02. The van der Waals surface area contributed by atoms with E-state index in [0.29, 0.717) is 26.0 Å². The number of nitrogens with zero attached hydrogens (tertiary/aromatic N) is 2. The van der Waals surface area contributed by atoms with Gasteiger partial charge in [0.05, 0.1) is 10.6 Å². The molecule has 0 unspecified atom stereocenters. The average molecular weight is 390 g/mol. The van der Waals surface area contributed by atoms with E-state index < -0.39 is 0 Å². The van der Waals surface area contributed by atoms with Crippen molar-refractivity contribution in [1.29, 1.82) is 0 Å². The van der Waals surface area contributed by atoms with Crippen molar-refractivity contribution in [2.24, 2.45) is 0 Å². The fourth-order valence-corrected chi connectivity index (χ4v) is 3.06. The van der Waals surface area contributed by atoms with Crippen LogP contribution < -0.4 is 16.0 Å². The minimum Gasteiger partial charge on any atom is -0.332 e. The summed E-state index contributed by atoms with van der Waals surface area (Å²) < 4.78 is 0. The van der Waals surface area contributed by atoms with Crippen molar-refractivity contribution >= 4 is 62.1 Å². The topological polar surface area (TPSA) is 78.9 Å². The number of hydrogen-bond acceptors (Lipinski definition) is 5. The summed E-state index contributed by atoms with van der Waals surface area (Å²) in [5, 5.41) is 18.0. The Labute approximate surface area is 158 Å². The summed E-state index contributed by atoms with van der Waals surface area (Å²) in [7, 11) is 0. The number of thiocarbonyl (C=S) groups is 1. The highest BCUT2D eigenvalue weighted by atomic mass is 35.5. The quantitative estimate of drug-likeness (QED) is 0.579. The third-order valence-electron chi connectivity index (χ3n) is 3.02. The number of para-hydroxylation sites is 1. The largest absolute Gasteiger partial charge is 0.332 e. The van der Waals surface area contributed by atoms with E-state index in [2.05, 4.69) is 26.1 Å². The summed E-state index contributed by atoms with van der Waals surface area (Å²) in [5.74, 6) is -0.349. The zero-order chi connectivity index (χ0) is 17.6. The number of aromatic nitrogens is 2. The molecule has 126 valence electrons. The highest BCUT2D eigenvalue weighted by molar-refractivity contribution is 7.80. The summed E-state index contributed by atoms with van der Waals surface area (Å²) in [6, 6.07) is 16.3. The van der Waals surface area contributed by atoms with Crippen molar-refractivity contribution in [3.8, 4) is 0 Å². The Balaban J connectivity index is 1.60. The predicted molar refractivity (Wildman–Crippen MR) is 106 cm³/mol. The minimum atomic E-state index is -0.349. The van der Waals surface area contributed by atoms with Crippen LogP contribution in [-0.2, 0) is 0 Å². The zero-order valence-corrected chi connectivity index (χ0v) is 15.1. The lowest BCUT2D eigenvalue weighted by atomic mass is 10.2. The number of benzene rings is 2. The van der Waals surface area contributed by atoms with Crippen LogP contribution in [0.25, 0.3) is 0 Å². The normalized spacial score (nSPS) is 10.1. The number of amides is 1. The lowest BCUT2D eigenvalue weighted by molar-refractivity contribution is 0.102. The molecule has 1 heterocycles. The molecule has 0 aliphatic carbocycles. The van der Waals surface area contributed by atoms with Gasteiger partial charge in [0, 0.05) is 5.69 Å². The number of hydrogen-bond donors (Lipinski definition) is 3. The van der Waals surface area contributed by atoms with Crippen LogP contribution >= 0.6 is 35.2 Å². The van der Waals surface area contributed by atoms with Gasteiger partial charge >= 0.3 is 0 Å². The van der Waals surface area contributed by atoms with Gasteiger partial charge in [-0.25, -0.2) is 0 Å². The maximum atomic E-state index is 12.2. The van der Waals surface area contributed by atoms with Crippen molar-refractivity contribution in [3.05, 3.63) is 65.2 Å². The first kappa shape index (κ1) is 17.3. The van der Waals surface area contributed by atoms with E-state index in [1.165, 1.54) is 0 Å². The molecule has 1 aromatic heterocycles. The van der Waals surface area contributed by atoms with Crippen LogP contribution in [0.5, 0.6) is 0 Å². The molecule has 3 aromatic rings. The Morgan fingerprint density at radius 1 is 0.920 bits per heavy atom. The van der Waals surface area contributed by atoms with Gasteiger partial charge in [-0.15, -0.1) is 10.2 Å². The number of carbonyl (C=O) groups excluding carboxylic acids is 1. The van der Waals surface area contributed by atoms with E-state index in [1.807, 2.05) is 30.3 Å². The van der Waals surface area contributed by atoms with Gasteiger partial charge in [-0.05, 0) is 36.5 Å². The van der Waals surface area contributed by atoms with Crippen LogP contribution in [-0.4, -0.2) is 21.2 Å². The molecule has 3 N–H and O–H groups in total. The highest BCUT2D eigenvalue weighted by Gasteiger charge is 2.13. The predicted octanol–water partition coefficient (Wildman–Crippen LogP) is 4.25. The summed E-state index contributed by atoms with van der Waals surface area (Å²) in [5.41, 5.74) is 1.23. The Morgan fingerprint density at radius 3 is 2.28 bits per heavy atom. The first-order valence-corrected chi connectivity index (χ1v) is 8.74. The Kier molecular flexibility index (Phi) is 5.54. The Morgan fingerprint density at radius 2 is 1.56 bits per heavy atom. The number of anilines is 3. The average Bonchev–Trinajstić information content (AvgIpc) is 3.02. The fourth-order valence-electron chi connectivity index (χ4n) is 1.92. The molecule has 0 saturated heterocycles. The molecule has 0 saturated carbocycles. The third kappa shape index (κ3) is 4.72. The van der Waals surface area contributed by atoms with Crippen molar-refractivity contribution in [2.75, 3.05) is 16.0 Å². The highest BCUT2D eigenvalue weighted by Crippen LogP contribution is 2.22. The molecule has 25 heavy (non-hydrogen) atoms. The molecule has 0 fully saturated rings. The van der Waals surface area contributed by atoms with E-state index in [-0.39, 0.29) is 5.91 Å². The summed E-state index contributed by atoms with van der Waals surface area (Å²) >= 11 is 12.4. The van der Waals surface area contributed by atoms with Gasteiger partial charge in [-0.1, -0.05) is 53.3 Å². The molecule has 0 atom stereocenters. The van der Waals surface area contributed by atoms with Gasteiger partial charge in [0.2, 0.25) is 10.3 Å². The Bertz CT molecular complexity index is 900. The van der Waals surface area contributed by atoms with Crippen LogP contribution in [0.15, 0.2) is 54.6 Å². The van der Waals surface area contributed by atoms with E-state index in [9.17, 15) is 4.79 Å². The smallest absolute Gasteiger partial charge is 0.259 e. The van der Waals surface area contributed by atoms with E-state index in [4.69, 9.17) is 23.8 Å². The molecule has 3 rings (SSSR count). The summed E-state index contributed by atoms with van der Waals surface area (Å²) in [4.78, 5) is 12.2. The van der Waals surface area contributed by atoms with Gasteiger partial charge in [-0.3, -0.25) is 10.1 Å². The van der Waals surface area contributed by atoms with Crippen molar-refractivity contribution in [1.82, 2.24) is 10.2 Å². The molecule has 9 heteroatoms. The minimum absolute atomic E-state index is 0.343. The van der Waals surface area contributed by atoms with Gasteiger partial charge in [-0.2, -0.15) is 0 Å². The zero-order valence-electron chi connectivity index (χ0n) is 12.7. The van der Waals surface area contributed by atoms with Gasteiger partial charge < -0.3 is 10.6 Å². The van der Waals surface area contributed by atoms with E-state index in [1.54, 1.807) is 24.3 Å². The number of halogens is 1. The fraction of sp³-hybridized carbons (Fsp3) is 0. The van der Waals surface area contributed by atoms with Gasteiger partial charge in [0.15, 0.2) is 5.11 Å². The molecular formula is C16H12ClN5OS2. The van der Waals surface area contributed by atoms with Crippen LogP contribution in [0.2, 0.25) is 5.02 Å². The number of nitrogens with one attached hydrogen (secondary N) is 3. The SMILES string of the molecule is O=C(Nc1nnc(NC(=S)Nc2ccccc2)s1)c1ccccc1Cl. The molecule has 0 radical (unpaired) electrons.